The molecule has 6 rings (SSSR count). The zero-order valence-corrected chi connectivity index (χ0v) is 19.0. The number of halogens is 2. The van der Waals surface area contributed by atoms with Crippen LogP contribution in [0.3, 0.4) is 0 Å². The van der Waals surface area contributed by atoms with Crippen LogP contribution in [0.4, 0.5) is 8.78 Å². The van der Waals surface area contributed by atoms with Crippen molar-refractivity contribution in [1.29, 1.82) is 0 Å². The van der Waals surface area contributed by atoms with E-state index in [-0.39, 0.29) is 11.6 Å². The third-order valence-corrected chi connectivity index (χ3v) is 6.75. The summed E-state index contributed by atoms with van der Waals surface area (Å²) in [6.07, 6.45) is 0. The molecule has 0 spiro atoms. The van der Waals surface area contributed by atoms with Crippen molar-refractivity contribution in [1.82, 2.24) is 4.98 Å². The van der Waals surface area contributed by atoms with Gasteiger partial charge in [-0.2, -0.15) is 0 Å². The van der Waals surface area contributed by atoms with Gasteiger partial charge in [-0.15, -0.1) is 0 Å². The summed E-state index contributed by atoms with van der Waals surface area (Å²) in [5, 5.41) is 3.76. The van der Waals surface area contributed by atoms with Crippen molar-refractivity contribution in [3.05, 3.63) is 84.4 Å². The van der Waals surface area contributed by atoms with Crippen molar-refractivity contribution in [2.45, 2.75) is 0 Å². The summed E-state index contributed by atoms with van der Waals surface area (Å²) in [5.41, 5.74) is 5.08. The van der Waals surface area contributed by atoms with Crippen molar-refractivity contribution in [2.24, 2.45) is 0 Å². The first kappa shape index (κ1) is 20.7. The highest BCUT2D eigenvalue weighted by Crippen LogP contribution is 2.40. The van der Waals surface area contributed by atoms with E-state index >= 15 is 4.39 Å². The second kappa shape index (κ2) is 7.59. The van der Waals surface area contributed by atoms with Crippen LogP contribution in [0.1, 0.15) is 0 Å². The molecule has 2 aromatic heterocycles. The van der Waals surface area contributed by atoms with Gasteiger partial charge in [0.2, 0.25) is 0 Å². The first-order valence-corrected chi connectivity index (χ1v) is 11.2. The number of rotatable bonds is 2. The van der Waals surface area contributed by atoms with Gasteiger partial charge in [0.05, 0.1) is 11.3 Å². The van der Waals surface area contributed by atoms with E-state index in [0.29, 0.717) is 44.5 Å². The fraction of sp³-hybridized carbons (Fsp3) is 0. The zero-order chi connectivity index (χ0) is 23.6. The minimum atomic E-state index is -0.352. The topological polar surface area (TPSA) is 26.0 Å². The fourth-order valence-electron chi connectivity index (χ4n) is 4.78. The van der Waals surface area contributed by atoms with Crippen LogP contribution in [-0.2, 0) is 0 Å². The molecule has 0 bridgehead atoms. The van der Waals surface area contributed by atoms with Gasteiger partial charge in [0.15, 0.2) is 7.85 Å². The molecule has 0 saturated carbocycles. The number of hydrogen-bond donors (Lipinski definition) is 0. The molecule has 0 atom stereocenters. The normalized spacial score (nSPS) is 11.6. The van der Waals surface area contributed by atoms with Gasteiger partial charge in [-0.3, -0.25) is 4.98 Å². The van der Waals surface area contributed by atoms with Gasteiger partial charge < -0.3 is 4.42 Å². The molecular weight excluding hydrogens is 425 g/mol. The number of fused-ring (bicyclic) bond motifs is 4. The third-order valence-electron chi connectivity index (χ3n) is 6.75. The van der Waals surface area contributed by atoms with E-state index in [1.54, 1.807) is 29.6 Å². The lowest BCUT2D eigenvalue weighted by atomic mass is 9.78. The standard InChI is InChI=1S/C27H18B3F2NO/c28-21-23(32)22(29)27(30)33-24(21)18-7-3-6-16-17-10-11-19(31)20(26(17)34-25(16)18)15-9-8-13-4-1-2-5-14(13)12-15/h1-12H,28-30H2. The van der Waals surface area contributed by atoms with E-state index < -0.39 is 0 Å². The van der Waals surface area contributed by atoms with Crippen molar-refractivity contribution in [3.63, 3.8) is 0 Å². The predicted molar refractivity (Wildman–Crippen MR) is 144 cm³/mol. The first-order chi connectivity index (χ1) is 16.4. The molecule has 160 valence electrons. The third kappa shape index (κ3) is 3.00. The SMILES string of the molecule is Bc1nc(-c2cccc3c2oc2c(-c4ccc5ccccc5c4)c(F)ccc23)c(B)c(F)c1B. The molecule has 7 heteroatoms. The lowest BCUT2D eigenvalue weighted by molar-refractivity contribution is 0.622. The summed E-state index contributed by atoms with van der Waals surface area (Å²) in [7, 11) is 5.26. The summed E-state index contributed by atoms with van der Waals surface area (Å²) < 4.78 is 36.5. The Morgan fingerprint density at radius 1 is 0.706 bits per heavy atom. The molecule has 0 amide bonds. The maximum absolute atomic E-state index is 15.2. The number of para-hydroxylation sites is 1. The quantitative estimate of drug-likeness (QED) is 0.385. The Morgan fingerprint density at radius 2 is 1.47 bits per heavy atom. The van der Waals surface area contributed by atoms with Gasteiger partial charge in [0.1, 0.15) is 38.5 Å². The molecule has 2 heterocycles. The van der Waals surface area contributed by atoms with Crippen molar-refractivity contribution in [3.8, 4) is 22.4 Å². The summed E-state index contributed by atoms with van der Waals surface area (Å²) in [6.45, 7) is 0. The molecule has 0 aliphatic rings. The van der Waals surface area contributed by atoms with E-state index in [2.05, 4.69) is 4.98 Å². The Bertz CT molecular complexity index is 1780. The van der Waals surface area contributed by atoms with Crippen molar-refractivity contribution in [2.75, 3.05) is 0 Å². The molecule has 0 unspecified atom stereocenters. The monoisotopic (exact) mass is 443 g/mol. The second-order valence-electron chi connectivity index (χ2n) is 8.76. The first-order valence-electron chi connectivity index (χ1n) is 11.2. The molecule has 0 N–H and O–H groups in total. The number of furan rings is 1. The molecule has 4 aromatic carbocycles. The van der Waals surface area contributed by atoms with Crippen LogP contribution in [0.15, 0.2) is 77.2 Å². The number of hydrogen-bond acceptors (Lipinski definition) is 2. The molecule has 0 radical (unpaired) electrons. The molecule has 0 fully saturated rings. The van der Waals surface area contributed by atoms with E-state index in [1.807, 2.05) is 60.7 Å². The summed E-state index contributed by atoms with van der Waals surface area (Å²) in [5.74, 6) is -0.617. The number of aromatic nitrogens is 1. The summed E-state index contributed by atoms with van der Waals surface area (Å²) in [4.78, 5) is 4.68. The lowest BCUT2D eigenvalue weighted by Gasteiger charge is -2.12. The highest BCUT2D eigenvalue weighted by Gasteiger charge is 2.21. The molecular formula is C27H18B3F2NO. The van der Waals surface area contributed by atoms with Crippen LogP contribution in [0.25, 0.3) is 55.1 Å². The van der Waals surface area contributed by atoms with E-state index in [9.17, 15) is 4.39 Å². The summed E-state index contributed by atoms with van der Waals surface area (Å²) in [6, 6.07) is 22.8. The van der Waals surface area contributed by atoms with Crippen LogP contribution >= 0.6 is 0 Å². The van der Waals surface area contributed by atoms with Gasteiger partial charge in [0, 0.05) is 16.3 Å². The Balaban J connectivity index is 1.67. The van der Waals surface area contributed by atoms with Crippen LogP contribution in [-0.4, -0.2) is 28.5 Å². The van der Waals surface area contributed by atoms with Gasteiger partial charge in [-0.25, -0.2) is 8.78 Å². The highest BCUT2D eigenvalue weighted by atomic mass is 19.1. The maximum Gasteiger partial charge on any atom is 0.163 e. The van der Waals surface area contributed by atoms with Crippen LogP contribution < -0.4 is 16.5 Å². The van der Waals surface area contributed by atoms with E-state index in [4.69, 9.17) is 4.42 Å². The van der Waals surface area contributed by atoms with Gasteiger partial charge in [0.25, 0.3) is 0 Å². The minimum Gasteiger partial charge on any atom is -0.455 e. The molecule has 0 aliphatic carbocycles. The molecule has 34 heavy (non-hydrogen) atoms. The number of benzene rings is 4. The Hall–Kier alpha value is -3.86. The van der Waals surface area contributed by atoms with Crippen LogP contribution in [0.2, 0.25) is 0 Å². The average Bonchev–Trinajstić information content (AvgIpc) is 3.23. The average molecular weight is 443 g/mol. The van der Waals surface area contributed by atoms with Crippen LogP contribution in [0.5, 0.6) is 0 Å². The van der Waals surface area contributed by atoms with E-state index in [0.717, 1.165) is 27.1 Å². The zero-order valence-electron chi connectivity index (χ0n) is 19.0. The smallest absolute Gasteiger partial charge is 0.163 e. The highest BCUT2D eigenvalue weighted by molar-refractivity contribution is 6.50. The maximum atomic E-state index is 15.2. The van der Waals surface area contributed by atoms with Crippen LogP contribution in [0, 0.1) is 11.6 Å². The van der Waals surface area contributed by atoms with Gasteiger partial charge in [-0.1, -0.05) is 48.5 Å². The molecule has 0 aliphatic heterocycles. The summed E-state index contributed by atoms with van der Waals surface area (Å²) >= 11 is 0. The number of pyridine rings is 1. The number of nitrogens with zero attached hydrogens (tertiary/aromatic N) is 1. The van der Waals surface area contributed by atoms with Gasteiger partial charge >= 0.3 is 0 Å². The molecule has 6 aromatic rings. The largest absolute Gasteiger partial charge is 0.455 e. The fourth-order valence-corrected chi connectivity index (χ4v) is 4.78. The molecule has 2 nitrogen and oxygen atoms in total. The lowest BCUT2D eigenvalue weighted by Crippen LogP contribution is -2.38. The van der Waals surface area contributed by atoms with Crippen molar-refractivity contribution >= 4 is 72.8 Å². The second-order valence-corrected chi connectivity index (χ2v) is 8.76. The van der Waals surface area contributed by atoms with Crippen molar-refractivity contribution < 1.29 is 13.2 Å². The Kier molecular flexibility index (Phi) is 4.63. The van der Waals surface area contributed by atoms with E-state index in [1.165, 1.54) is 6.07 Å². The predicted octanol–water partition coefficient (Wildman–Crippen LogP) is 2.52. The van der Waals surface area contributed by atoms with Gasteiger partial charge in [-0.05, 0) is 57.1 Å². The minimum absolute atomic E-state index is 0.265. The molecule has 0 saturated heterocycles. The Morgan fingerprint density at radius 3 is 2.29 bits per heavy atom. The Labute approximate surface area is 197 Å².